The number of hydrogen-bond acceptors (Lipinski definition) is 5. The van der Waals surface area contributed by atoms with Crippen LogP contribution in [0.2, 0.25) is 5.02 Å². The highest BCUT2D eigenvalue weighted by molar-refractivity contribution is 8.18. The molecule has 5 rings (SSSR count). The van der Waals surface area contributed by atoms with Gasteiger partial charge in [0.05, 0.1) is 24.6 Å². The van der Waals surface area contributed by atoms with Gasteiger partial charge in [0.15, 0.2) is 16.7 Å². The number of allylic oxidation sites excluding steroid dienone is 1. The van der Waals surface area contributed by atoms with E-state index in [4.69, 9.17) is 26.1 Å². The van der Waals surface area contributed by atoms with E-state index in [1.54, 1.807) is 4.90 Å². The van der Waals surface area contributed by atoms with Crippen LogP contribution in [-0.4, -0.2) is 22.6 Å². The average Bonchev–Trinajstić information content (AvgIpc) is 3.31. The molecule has 1 aliphatic heterocycles. The highest BCUT2D eigenvalue weighted by atomic mass is 35.5. The monoisotopic (exact) mass is 608 g/mol. The van der Waals surface area contributed by atoms with E-state index >= 15 is 0 Å². The molecule has 0 bridgehead atoms. The molecule has 0 radical (unpaired) electrons. The first-order chi connectivity index (χ1) is 21.1. The van der Waals surface area contributed by atoms with Gasteiger partial charge in [-0.2, -0.15) is 0 Å². The van der Waals surface area contributed by atoms with Gasteiger partial charge in [-0.3, -0.25) is 14.7 Å². The van der Waals surface area contributed by atoms with Gasteiger partial charge in [-0.1, -0.05) is 96.5 Å². The maximum Gasteiger partial charge on any atom is 0.267 e. The molecule has 7 heteroatoms. The Morgan fingerprint density at radius 3 is 2.30 bits per heavy atom. The number of aliphatic imine (C=N–C) groups is 1. The Morgan fingerprint density at radius 2 is 1.60 bits per heavy atom. The van der Waals surface area contributed by atoms with E-state index in [1.807, 2.05) is 116 Å². The average molecular weight is 609 g/mol. The van der Waals surface area contributed by atoms with Gasteiger partial charge < -0.3 is 9.47 Å². The van der Waals surface area contributed by atoms with Crippen molar-refractivity contribution in [3.05, 3.63) is 147 Å². The zero-order chi connectivity index (χ0) is 30.0. The van der Waals surface area contributed by atoms with E-state index in [0.717, 1.165) is 27.8 Å². The number of ether oxygens (including phenoxy) is 2. The lowest BCUT2D eigenvalue weighted by molar-refractivity contribution is -0.122. The van der Waals surface area contributed by atoms with Gasteiger partial charge in [-0.05, 0) is 66.1 Å². The number of halogens is 1. The van der Waals surface area contributed by atoms with E-state index in [0.29, 0.717) is 59.3 Å². The molecule has 0 saturated carbocycles. The van der Waals surface area contributed by atoms with Crippen molar-refractivity contribution < 1.29 is 14.3 Å². The first-order valence-corrected chi connectivity index (χ1v) is 15.4. The highest BCUT2D eigenvalue weighted by Crippen LogP contribution is 2.38. The fraction of sp³-hybridized carbons (Fsp3) is 0.167. The summed E-state index contributed by atoms with van der Waals surface area (Å²) in [5.74, 6) is 1.17. The Hall–Kier alpha value is -4.26. The molecule has 0 aliphatic carbocycles. The standard InChI is InChI=1S/C36H33ClN2O3S/c1-3-13-29-20-28(21-32(41-4-2)34(29)42-25-30-18-11-12-19-31(30)37)22-33-35(40)39(24-27-16-9-6-10-17-27)36(43-33)38-23-26-14-7-5-8-15-26/h3,5-12,14-22H,1,4,13,23-25H2,2H3/b33-22+,38-36?. The van der Waals surface area contributed by atoms with Crippen LogP contribution in [0, 0.1) is 0 Å². The van der Waals surface area contributed by atoms with Crippen LogP contribution < -0.4 is 9.47 Å². The highest BCUT2D eigenvalue weighted by Gasteiger charge is 2.33. The van der Waals surface area contributed by atoms with Gasteiger partial charge in [0.25, 0.3) is 5.91 Å². The molecule has 218 valence electrons. The summed E-state index contributed by atoms with van der Waals surface area (Å²) >= 11 is 7.77. The molecule has 1 aliphatic rings. The fourth-order valence-corrected chi connectivity index (χ4v) is 5.86. The minimum atomic E-state index is -0.0806. The predicted octanol–water partition coefficient (Wildman–Crippen LogP) is 8.72. The van der Waals surface area contributed by atoms with Gasteiger partial charge in [0.2, 0.25) is 0 Å². The summed E-state index contributed by atoms with van der Waals surface area (Å²) < 4.78 is 12.3. The summed E-state index contributed by atoms with van der Waals surface area (Å²) in [5.41, 5.74) is 4.76. The minimum absolute atomic E-state index is 0.0806. The van der Waals surface area contributed by atoms with E-state index in [9.17, 15) is 4.79 Å². The van der Waals surface area contributed by atoms with Crippen molar-refractivity contribution in [3.8, 4) is 11.5 Å². The second-order valence-corrected chi connectivity index (χ2v) is 11.3. The number of carbonyl (C=O) groups excluding carboxylic acids is 1. The van der Waals surface area contributed by atoms with Crippen LogP contribution in [0.3, 0.4) is 0 Å². The van der Waals surface area contributed by atoms with Crippen molar-refractivity contribution in [3.63, 3.8) is 0 Å². The van der Waals surface area contributed by atoms with Crippen LogP contribution in [0.5, 0.6) is 11.5 Å². The molecule has 0 unspecified atom stereocenters. The van der Waals surface area contributed by atoms with Crippen LogP contribution >= 0.6 is 23.4 Å². The predicted molar refractivity (Wildman–Crippen MR) is 177 cm³/mol. The molecule has 5 nitrogen and oxygen atoms in total. The van der Waals surface area contributed by atoms with Gasteiger partial charge >= 0.3 is 0 Å². The Labute approximate surface area is 262 Å². The number of carbonyl (C=O) groups is 1. The second-order valence-electron chi connectivity index (χ2n) is 9.89. The molecule has 1 amide bonds. The van der Waals surface area contributed by atoms with E-state index < -0.39 is 0 Å². The normalized spacial score (nSPS) is 14.8. The molecule has 1 heterocycles. The smallest absolute Gasteiger partial charge is 0.267 e. The summed E-state index contributed by atoms with van der Waals surface area (Å²) in [6.07, 6.45) is 4.30. The van der Waals surface area contributed by atoms with Crippen LogP contribution in [-0.2, 0) is 30.9 Å². The van der Waals surface area contributed by atoms with Crippen LogP contribution in [0.1, 0.15) is 34.7 Å². The Kier molecular flexibility index (Phi) is 10.4. The molecule has 0 N–H and O–H groups in total. The van der Waals surface area contributed by atoms with Gasteiger partial charge in [-0.25, -0.2) is 0 Å². The first-order valence-electron chi connectivity index (χ1n) is 14.2. The lowest BCUT2D eigenvalue weighted by atomic mass is 10.0. The van der Waals surface area contributed by atoms with Crippen molar-refractivity contribution in [2.45, 2.75) is 33.0 Å². The van der Waals surface area contributed by atoms with Gasteiger partial charge in [0, 0.05) is 16.1 Å². The third-order valence-electron chi connectivity index (χ3n) is 6.76. The molecular weight excluding hydrogens is 576 g/mol. The quantitative estimate of drug-likeness (QED) is 0.119. The van der Waals surface area contributed by atoms with Gasteiger partial charge in [-0.15, -0.1) is 6.58 Å². The van der Waals surface area contributed by atoms with Crippen molar-refractivity contribution in [2.24, 2.45) is 4.99 Å². The van der Waals surface area contributed by atoms with E-state index in [1.165, 1.54) is 11.8 Å². The fourth-order valence-electron chi connectivity index (χ4n) is 4.69. The Bertz CT molecular complexity index is 1640. The summed E-state index contributed by atoms with van der Waals surface area (Å²) in [4.78, 5) is 21.0. The summed E-state index contributed by atoms with van der Waals surface area (Å²) in [6.45, 7) is 7.57. The number of nitrogens with zero attached hydrogens (tertiary/aromatic N) is 2. The maximum absolute atomic E-state index is 13.8. The largest absolute Gasteiger partial charge is 0.490 e. The third-order valence-corrected chi connectivity index (χ3v) is 8.17. The minimum Gasteiger partial charge on any atom is -0.490 e. The molecule has 0 aromatic heterocycles. The molecule has 0 spiro atoms. The molecule has 1 fully saturated rings. The van der Waals surface area contributed by atoms with Crippen molar-refractivity contribution in [1.29, 1.82) is 0 Å². The molecule has 0 atom stereocenters. The number of rotatable bonds is 12. The second kappa shape index (κ2) is 14.8. The number of hydrogen-bond donors (Lipinski definition) is 0. The molecule has 1 saturated heterocycles. The zero-order valence-electron chi connectivity index (χ0n) is 24.0. The number of amides is 1. The number of amidine groups is 1. The van der Waals surface area contributed by atoms with E-state index in [2.05, 4.69) is 6.58 Å². The maximum atomic E-state index is 13.8. The SMILES string of the molecule is C=CCc1cc(/C=C2/SC(=NCc3ccccc3)N(Cc3ccccc3)C2=O)cc(OCC)c1OCc1ccccc1Cl. The first kappa shape index (κ1) is 30.2. The zero-order valence-corrected chi connectivity index (χ0v) is 25.6. The number of benzene rings is 4. The summed E-state index contributed by atoms with van der Waals surface area (Å²) in [5, 5.41) is 1.33. The molecule has 4 aromatic rings. The Balaban J connectivity index is 1.47. The lowest BCUT2D eigenvalue weighted by Gasteiger charge is -2.17. The third kappa shape index (κ3) is 7.78. The van der Waals surface area contributed by atoms with Gasteiger partial charge in [0.1, 0.15) is 6.61 Å². The van der Waals surface area contributed by atoms with Crippen LogP contribution in [0.4, 0.5) is 0 Å². The van der Waals surface area contributed by atoms with Crippen LogP contribution in [0.25, 0.3) is 6.08 Å². The Morgan fingerprint density at radius 1 is 0.907 bits per heavy atom. The van der Waals surface area contributed by atoms with E-state index in [-0.39, 0.29) is 5.91 Å². The topological polar surface area (TPSA) is 51.1 Å². The van der Waals surface area contributed by atoms with Crippen molar-refractivity contribution in [2.75, 3.05) is 6.61 Å². The number of thioether (sulfide) groups is 1. The lowest BCUT2D eigenvalue weighted by Crippen LogP contribution is -2.28. The molecule has 43 heavy (non-hydrogen) atoms. The van der Waals surface area contributed by atoms with Crippen LogP contribution in [0.15, 0.2) is 120 Å². The summed E-state index contributed by atoms with van der Waals surface area (Å²) in [7, 11) is 0. The van der Waals surface area contributed by atoms with Crippen molar-refractivity contribution >= 4 is 40.5 Å². The van der Waals surface area contributed by atoms with Crippen molar-refractivity contribution in [1.82, 2.24) is 4.90 Å². The molecular formula is C36H33ClN2O3S. The molecule has 4 aromatic carbocycles. The summed E-state index contributed by atoms with van der Waals surface area (Å²) in [6, 6.07) is 31.6.